The number of carbonyl (C=O) groups is 5. The summed E-state index contributed by atoms with van der Waals surface area (Å²) < 4.78 is 2.06. The smallest absolute Gasteiger partial charge is 0.253 e. The summed E-state index contributed by atoms with van der Waals surface area (Å²) in [5.74, 6) is -1.79. The van der Waals surface area contributed by atoms with Crippen molar-refractivity contribution in [2.45, 2.75) is 78.9 Å². The van der Waals surface area contributed by atoms with E-state index in [0.717, 1.165) is 21.4 Å². The molecule has 0 spiro atoms. The van der Waals surface area contributed by atoms with Crippen molar-refractivity contribution < 1.29 is 24.0 Å². The number of hydrogen-bond donors (Lipinski definition) is 3. The molecule has 1 aromatic heterocycles. The van der Waals surface area contributed by atoms with Crippen LogP contribution in [-0.2, 0) is 36.4 Å². The monoisotopic (exact) mass is 648 g/mol. The number of hydrogen-bond acceptors (Lipinski definition) is 6. The minimum Gasteiger partial charge on any atom is -0.351 e. The highest BCUT2D eigenvalue weighted by molar-refractivity contribution is 6.12. The maximum atomic E-state index is 14.2. The summed E-state index contributed by atoms with van der Waals surface area (Å²) in [5, 5.41) is 10.1. The molecule has 3 atom stereocenters. The molecule has 0 bridgehead atoms. The SMILES string of the molecule is CN[C@H](C(=O)NC(C(=O)N(C)[C@H](/C=C(\C)C(=O)NCCN1C(=O)C=CC1=O)C(C)C)C(C)(C)C)C(C)(C)c1cn(C)c2ccccc12. The van der Waals surface area contributed by atoms with Crippen LogP contribution in [0.1, 0.15) is 61.0 Å². The molecule has 3 N–H and O–H groups in total. The van der Waals surface area contributed by atoms with Gasteiger partial charge in [0.1, 0.15) is 6.04 Å². The van der Waals surface area contributed by atoms with Gasteiger partial charge in [-0.15, -0.1) is 0 Å². The fourth-order valence-electron chi connectivity index (χ4n) is 6.21. The Morgan fingerprint density at radius 2 is 1.57 bits per heavy atom. The zero-order valence-corrected chi connectivity index (χ0v) is 29.7. The first kappa shape index (κ1) is 37.2. The van der Waals surface area contributed by atoms with E-state index in [0.29, 0.717) is 5.57 Å². The number of benzene rings is 1. The highest BCUT2D eigenvalue weighted by atomic mass is 16.2. The van der Waals surface area contributed by atoms with Gasteiger partial charge in [0, 0.05) is 67.4 Å². The minimum atomic E-state index is -0.855. The quantitative estimate of drug-likeness (QED) is 0.226. The highest BCUT2D eigenvalue weighted by Crippen LogP contribution is 2.35. The highest BCUT2D eigenvalue weighted by Gasteiger charge is 2.42. The van der Waals surface area contributed by atoms with Crippen LogP contribution in [0.25, 0.3) is 10.9 Å². The maximum Gasteiger partial charge on any atom is 0.253 e. The van der Waals surface area contributed by atoms with E-state index in [1.54, 1.807) is 32.0 Å². The molecule has 0 aliphatic carbocycles. The van der Waals surface area contributed by atoms with Crippen LogP contribution in [0.15, 0.2) is 54.3 Å². The Morgan fingerprint density at radius 3 is 2.13 bits per heavy atom. The van der Waals surface area contributed by atoms with Crippen molar-refractivity contribution in [2.75, 3.05) is 27.2 Å². The number of nitrogens with zero attached hydrogens (tertiary/aromatic N) is 3. The molecule has 1 aliphatic rings. The number of aromatic nitrogens is 1. The maximum absolute atomic E-state index is 14.2. The molecule has 0 fully saturated rings. The Bertz CT molecular complexity index is 1560. The molecule has 0 radical (unpaired) electrons. The third-order valence-corrected chi connectivity index (χ3v) is 9.04. The van der Waals surface area contributed by atoms with E-state index >= 15 is 0 Å². The lowest BCUT2D eigenvalue weighted by atomic mass is 9.76. The average molecular weight is 649 g/mol. The Hall–Kier alpha value is -4.25. The number of nitrogens with one attached hydrogen (secondary N) is 3. The Kier molecular flexibility index (Phi) is 11.6. The van der Waals surface area contributed by atoms with E-state index in [1.807, 2.05) is 67.6 Å². The van der Waals surface area contributed by atoms with Gasteiger partial charge >= 0.3 is 0 Å². The van der Waals surface area contributed by atoms with Gasteiger partial charge in [-0.25, -0.2) is 0 Å². The van der Waals surface area contributed by atoms with Gasteiger partial charge < -0.3 is 25.4 Å². The number of carbonyl (C=O) groups excluding carboxylic acids is 5. The lowest BCUT2D eigenvalue weighted by Gasteiger charge is -2.39. The van der Waals surface area contributed by atoms with Crippen LogP contribution in [0.4, 0.5) is 0 Å². The number of para-hydroxylation sites is 1. The predicted molar refractivity (Wildman–Crippen MR) is 184 cm³/mol. The van der Waals surface area contributed by atoms with Crippen molar-refractivity contribution >= 4 is 40.4 Å². The lowest BCUT2D eigenvalue weighted by Crippen LogP contribution is -2.61. The van der Waals surface area contributed by atoms with E-state index < -0.39 is 40.8 Å². The number of fused-ring (bicyclic) bond motifs is 1. The number of imide groups is 1. The van der Waals surface area contributed by atoms with Gasteiger partial charge in [0.2, 0.25) is 17.7 Å². The second-order valence-corrected chi connectivity index (χ2v) is 14.4. The summed E-state index contributed by atoms with van der Waals surface area (Å²) in [6.45, 7) is 15.5. The normalized spacial score (nSPS) is 16.1. The first-order chi connectivity index (χ1) is 21.8. The summed E-state index contributed by atoms with van der Waals surface area (Å²) in [6, 6.07) is 6.13. The van der Waals surface area contributed by atoms with Gasteiger partial charge in [-0.05, 0) is 36.9 Å². The van der Waals surface area contributed by atoms with Crippen LogP contribution < -0.4 is 16.0 Å². The van der Waals surface area contributed by atoms with Crippen LogP contribution in [0, 0.1) is 11.3 Å². The summed E-state index contributed by atoms with van der Waals surface area (Å²) in [7, 11) is 5.43. The van der Waals surface area contributed by atoms with Gasteiger partial charge in [-0.1, -0.05) is 72.7 Å². The van der Waals surface area contributed by atoms with Crippen LogP contribution in [0.5, 0.6) is 0 Å². The molecule has 256 valence electrons. The molecule has 1 aliphatic heterocycles. The number of likely N-dealkylation sites (N-methyl/N-ethyl adjacent to an activating group) is 2. The molecule has 1 aromatic carbocycles. The standard InChI is InChI=1S/C36H52N6O5/c1-22(2)27(20-23(3)32(45)38-18-19-42-28(43)16-17-29(42)44)41(11)34(47)31(35(4,5)6)39-33(46)30(37-9)36(7,8)25-21-40(10)26-15-13-12-14-24(25)26/h12-17,20-22,27,30-31,37H,18-19H2,1-11H3,(H,38,45)(H,39,46)/b23-20+/t27-,30-,31?/m1/s1. The molecule has 2 heterocycles. The summed E-state index contributed by atoms with van der Waals surface area (Å²) in [5.41, 5.74) is 1.23. The minimum absolute atomic E-state index is 0.0516. The van der Waals surface area contributed by atoms with Gasteiger partial charge in [-0.2, -0.15) is 0 Å². The Balaban J connectivity index is 1.79. The molecule has 3 rings (SSSR count). The van der Waals surface area contributed by atoms with Crippen LogP contribution in [-0.4, -0.2) is 89.2 Å². The number of aryl methyl sites for hydroxylation is 1. The van der Waals surface area contributed by atoms with Crippen molar-refractivity contribution in [2.24, 2.45) is 18.4 Å². The van der Waals surface area contributed by atoms with E-state index in [-0.39, 0.29) is 36.7 Å². The average Bonchev–Trinajstić information content (AvgIpc) is 3.51. The van der Waals surface area contributed by atoms with E-state index in [2.05, 4.69) is 38.8 Å². The first-order valence-electron chi connectivity index (χ1n) is 16.1. The molecule has 5 amide bonds. The predicted octanol–water partition coefficient (Wildman–Crippen LogP) is 3.05. The van der Waals surface area contributed by atoms with Gasteiger partial charge in [0.25, 0.3) is 11.8 Å². The van der Waals surface area contributed by atoms with E-state index in [1.165, 1.54) is 12.2 Å². The van der Waals surface area contributed by atoms with Crippen molar-refractivity contribution in [3.05, 3.63) is 59.8 Å². The van der Waals surface area contributed by atoms with Gasteiger partial charge in [0.05, 0.1) is 12.1 Å². The largest absolute Gasteiger partial charge is 0.351 e. The molecule has 0 saturated heterocycles. The van der Waals surface area contributed by atoms with Crippen molar-refractivity contribution in [3.63, 3.8) is 0 Å². The van der Waals surface area contributed by atoms with Crippen molar-refractivity contribution in [1.29, 1.82) is 0 Å². The molecule has 47 heavy (non-hydrogen) atoms. The molecular formula is C36H52N6O5. The molecule has 0 saturated carbocycles. The Labute approximate surface area is 278 Å². The second kappa shape index (κ2) is 14.7. The second-order valence-electron chi connectivity index (χ2n) is 14.4. The Morgan fingerprint density at radius 1 is 0.979 bits per heavy atom. The number of amides is 5. The van der Waals surface area contributed by atoms with Crippen molar-refractivity contribution in [1.82, 2.24) is 30.3 Å². The lowest BCUT2D eigenvalue weighted by molar-refractivity contribution is -0.141. The summed E-state index contributed by atoms with van der Waals surface area (Å²) in [4.78, 5) is 67.4. The zero-order valence-electron chi connectivity index (χ0n) is 29.7. The molecule has 2 aromatic rings. The fourth-order valence-corrected chi connectivity index (χ4v) is 6.21. The zero-order chi connectivity index (χ0) is 35.4. The number of rotatable bonds is 13. The van der Waals surface area contributed by atoms with Crippen LogP contribution in [0.2, 0.25) is 0 Å². The third-order valence-electron chi connectivity index (χ3n) is 9.04. The molecule has 1 unspecified atom stereocenters. The molecule has 11 heteroatoms. The topological polar surface area (TPSA) is 133 Å². The third kappa shape index (κ3) is 8.19. The summed E-state index contributed by atoms with van der Waals surface area (Å²) in [6.07, 6.45) is 6.21. The molecular weight excluding hydrogens is 596 g/mol. The first-order valence-corrected chi connectivity index (χ1v) is 16.1. The van der Waals surface area contributed by atoms with Gasteiger partial charge in [0.15, 0.2) is 0 Å². The summed E-state index contributed by atoms with van der Waals surface area (Å²) >= 11 is 0. The molecule has 11 nitrogen and oxygen atoms in total. The van der Waals surface area contributed by atoms with Gasteiger partial charge in [-0.3, -0.25) is 28.9 Å². The fraction of sp³-hybridized carbons (Fsp3) is 0.528. The van der Waals surface area contributed by atoms with Crippen LogP contribution in [0.3, 0.4) is 0 Å². The van der Waals surface area contributed by atoms with Crippen molar-refractivity contribution in [3.8, 4) is 0 Å². The van der Waals surface area contributed by atoms with E-state index in [9.17, 15) is 24.0 Å². The van der Waals surface area contributed by atoms with E-state index in [4.69, 9.17) is 0 Å². The van der Waals surface area contributed by atoms with Crippen LogP contribution >= 0.6 is 0 Å².